The number of thiazole rings is 1. The van der Waals surface area contributed by atoms with Crippen molar-refractivity contribution in [3.05, 3.63) is 63.7 Å². The molecule has 0 bridgehead atoms. The highest BCUT2D eigenvalue weighted by atomic mass is 32.1. The molecule has 0 unspecified atom stereocenters. The molecule has 27 heavy (non-hydrogen) atoms. The second-order valence-electron chi connectivity index (χ2n) is 5.66. The maximum absolute atomic E-state index is 12.6. The van der Waals surface area contributed by atoms with Crippen LogP contribution in [0.4, 0.5) is 18.3 Å². The fourth-order valence-corrected chi connectivity index (χ4v) is 2.96. The third kappa shape index (κ3) is 4.59. The lowest BCUT2D eigenvalue weighted by atomic mass is 10.1. The number of carbonyl (C=O) groups is 1. The van der Waals surface area contributed by atoms with E-state index in [4.69, 9.17) is 0 Å². The van der Waals surface area contributed by atoms with Crippen molar-refractivity contribution in [1.82, 2.24) is 14.5 Å². The third-order valence-corrected chi connectivity index (χ3v) is 4.44. The van der Waals surface area contributed by atoms with E-state index in [1.165, 1.54) is 35.9 Å². The molecule has 0 aliphatic rings. The van der Waals surface area contributed by atoms with Crippen LogP contribution in [0.2, 0.25) is 0 Å². The van der Waals surface area contributed by atoms with E-state index in [-0.39, 0.29) is 12.2 Å². The first-order valence-corrected chi connectivity index (χ1v) is 8.56. The Morgan fingerprint density at radius 2 is 1.96 bits per heavy atom. The van der Waals surface area contributed by atoms with Crippen LogP contribution in [0.1, 0.15) is 11.3 Å². The van der Waals surface area contributed by atoms with Crippen molar-refractivity contribution in [1.29, 1.82) is 0 Å². The van der Waals surface area contributed by atoms with Gasteiger partial charge in [-0.15, -0.1) is 11.3 Å². The number of carbonyl (C=O) groups excluding carboxylic acids is 1. The number of rotatable bonds is 4. The zero-order chi connectivity index (χ0) is 19.6. The van der Waals surface area contributed by atoms with Crippen molar-refractivity contribution in [3.8, 4) is 11.3 Å². The summed E-state index contributed by atoms with van der Waals surface area (Å²) in [5, 5.41) is 4.79. The molecule has 3 rings (SSSR count). The molecule has 10 heteroatoms. The van der Waals surface area contributed by atoms with Gasteiger partial charge in [-0.1, -0.05) is 12.1 Å². The Balaban J connectivity index is 1.73. The molecule has 0 aliphatic carbocycles. The molecule has 0 fully saturated rings. The first-order valence-electron chi connectivity index (χ1n) is 7.68. The first kappa shape index (κ1) is 18.8. The van der Waals surface area contributed by atoms with E-state index in [2.05, 4.69) is 15.3 Å². The van der Waals surface area contributed by atoms with Gasteiger partial charge in [-0.25, -0.2) is 9.97 Å². The van der Waals surface area contributed by atoms with Gasteiger partial charge in [-0.2, -0.15) is 13.2 Å². The van der Waals surface area contributed by atoms with E-state index in [0.29, 0.717) is 10.7 Å². The summed E-state index contributed by atoms with van der Waals surface area (Å²) in [4.78, 5) is 32.3. The predicted molar refractivity (Wildman–Crippen MR) is 94.4 cm³/mol. The van der Waals surface area contributed by atoms with Crippen molar-refractivity contribution < 1.29 is 18.0 Å². The van der Waals surface area contributed by atoms with Gasteiger partial charge in [-0.3, -0.25) is 14.2 Å². The molecular weight excluding hydrogens is 381 g/mol. The van der Waals surface area contributed by atoms with Crippen molar-refractivity contribution in [2.45, 2.75) is 19.6 Å². The van der Waals surface area contributed by atoms with Crippen LogP contribution in [0, 0.1) is 6.92 Å². The standard InChI is InChI=1S/C17H13F3N4O2S/c1-10-8-27-16(22-10)23-14(25)7-24-9-21-13(6-15(24)26)11-2-4-12(5-3-11)17(18,19)20/h2-6,8-9H,7H2,1H3,(H,22,23,25). The minimum atomic E-state index is -4.43. The van der Waals surface area contributed by atoms with Crippen molar-refractivity contribution in [2.24, 2.45) is 0 Å². The molecule has 2 aromatic heterocycles. The predicted octanol–water partition coefficient (Wildman–Crippen LogP) is 3.33. The molecule has 1 aromatic carbocycles. The van der Waals surface area contributed by atoms with E-state index in [1.807, 2.05) is 0 Å². The van der Waals surface area contributed by atoms with Gasteiger partial charge in [0.2, 0.25) is 5.91 Å². The number of benzene rings is 1. The van der Waals surface area contributed by atoms with E-state index >= 15 is 0 Å². The van der Waals surface area contributed by atoms with Gasteiger partial charge in [0.1, 0.15) is 6.54 Å². The summed E-state index contributed by atoms with van der Waals surface area (Å²) in [5.74, 6) is -0.435. The number of alkyl halides is 3. The number of aryl methyl sites for hydroxylation is 1. The minimum absolute atomic E-state index is 0.223. The summed E-state index contributed by atoms with van der Waals surface area (Å²) in [6.45, 7) is 1.54. The van der Waals surface area contributed by atoms with Gasteiger partial charge in [-0.05, 0) is 19.1 Å². The summed E-state index contributed by atoms with van der Waals surface area (Å²) in [7, 11) is 0. The summed E-state index contributed by atoms with van der Waals surface area (Å²) in [6.07, 6.45) is -3.25. The van der Waals surface area contributed by atoms with Gasteiger partial charge in [0.25, 0.3) is 5.56 Å². The van der Waals surface area contributed by atoms with Crippen LogP contribution in [-0.4, -0.2) is 20.4 Å². The molecule has 140 valence electrons. The number of nitrogens with one attached hydrogen (secondary N) is 1. The largest absolute Gasteiger partial charge is 0.416 e. The van der Waals surface area contributed by atoms with Gasteiger partial charge >= 0.3 is 6.18 Å². The zero-order valence-electron chi connectivity index (χ0n) is 13.9. The Morgan fingerprint density at radius 3 is 2.52 bits per heavy atom. The quantitative estimate of drug-likeness (QED) is 0.736. The Hall–Kier alpha value is -3.01. The maximum Gasteiger partial charge on any atom is 0.416 e. The van der Waals surface area contributed by atoms with Crippen LogP contribution in [0.3, 0.4) is 0 Å². The van der Waals surface area contributed by atoms with E-state index in [9.17, 15) is 22.8 Å². The molecular formula is C17H13F3N4O2S. The van der Waals surface area contributed by atoms with Crippen LogP contribution in [-0.2, 0) is 17.5 Å². The van der Waals surface area contributed by atoms with Crippen LogP contribution >= 0.6 is 11.3 Å². The van der Waals surface area contributed by atoms with E-state index in [0.717, 1.165) is 22.4 Å². The Bertz CT molecular complexity index is 1030. The Morgan fingerprint density at radius 1 is 1.26 bits per heavy atom. The average Bonchev–Trinajstić information content (AvgIpc) is 3.01. The highest BCUT2D eigenvalue weighted by Crippen LogP contribution is 2.30. The third-order valence-electron chi connectivity index (χ3n) is 3.57. The van der Waals surface area contributed by atoms with Crippen LogP contribution in [0.15, 0.2) is 46.8 Å². The van der Waals surface area contributed by atoms with Crippen molar-refractivity contribution in [2.75, 3.05) is 5.32 Å². The summed E-state index contributed by atoms with van der Waals surface area (Å²) in [5.41, 5.74) is 0.0879. The number of aromatic nitrogens is 3. The molecule has 0 aliphatic heterocycles. The number of anilines is 1. The molecule has 1 N–H and O–H groups in total. The summed E-state index contributed by atoms with van der Waals surface area (Å²) in [6, 6.07) is 5.50. The monoisotopic (exact) mass is 394 g/mol. The first-order chi connectivity index (χ1) is 12.7. The number of hydrogen-bond donors (Lipinski definition) is 1. The molecule has 0 atom stereocenters. The van der Waals surface area contributed by atoms with Crippen LogP contribution < -0.4 is 10.9 Å². The molecule has 6 nitrogen and oxygen atoms in total. The molecule has 0 saturated carbocycles. The lowest BCUT2D eigenvalue weighted by Crippen LogP contribution is -2.27. The SMILES string of the molecule is Cc1csc(NC(=O)Cn2cnc(-c3ccc(C(F)(F)F)cc3)cc2=O)n1. The molecule has 1 amide bonds. The van der Waals surface area contributed by atoms with Crippen LogP contribution in [0.25, 0.3) is 11.3 Å². The molecule has 0 spiro atoms. The normalized spacial score (nSPS) is 11.4. The number of hydrogen-bond acceptors (Lipinski definition) is 5. The highest BCUT2D eigenvalue weighted by Gasteiger charge is 2.30. The lowest BCUT2D eigenvalue weighted by molar-refractivity contribution is -0.137. The molecule has 0 radical (unpaired) electrons. The summed E-state index contributed by atoms with van der Waals surface area (Å²) >= 11 is 1.27. The van der Waals surface area contributed by atoms with Crippen molar-refractivity contribution in [3.63, 3.8) is 0 Å². The number of nitrogens with zero attached hydrogens (tertiary/aromatic N) is 3. The van der Waals surface area contributed by atoms with Gasteiger partial charge in [0.15, 0.2) is 5.13 Å². The van der Waals surface area contributed by atoms with Crippen molar-refractivity contribution >= 4 is 22.4 Å². The van der Waals surface area contributed by atoms with E-state index < -0.39 is 23.2 Å². The molecule has 0 saturated heterocycles. The zero-order valence-corrected chi connectivity index (χ0v) is 14.8. The minimum Gasteiger partial charge on any atom is -0.300 e. The van der Waals surface area contributed by atoms with Crippen LogP contribution in [0.5, 0.6) is 0 Å². The fraction of sp³-hybridized carbons (Fsp3) is 0.176. The topological polar surface area (TPSA) is 76.9 Å². The highest BCUT2D eigenvalue weighted by molar-refractivity contribution is 7.13. The van der Waals surface area contributed by atoms with Gasteiger partial charge in [0.05, 0.1) is 23.3 Å². The fourth-order valence-electron chi connectivity index (χ4n) is 2.26. The summed E-state index contributed by atoms with van der Waals surface area (Å²) < 4.78 is 38.9. The number of halogens is 3. The Kier molecular flexibility index (Phi) is 5.08. The molecule has 3 aromatic rings. The lowest BCUT2D eigenvalue weighted by Gasteiger charge is -2.08. The Labute approximate surface area is 155 Å². The second-order valence-corrected chi connectivity index (χ2v) is 6.52. The van der Waals surface area contributed by atoms with E-state index in [1.54, 1.807) is 12.3 Å². The number of amides is 1. The molecule has 2 heterocycles. The maximum atomic E-state index is 12.6. The van der Waals surface area contributed by atoms with Gasteiger partial charge < -0.3 is 5.32 Å². The smallest absolute Gasteiger partial charge is 0.300 e. The second kappa shape index (κ2) is 7.31. The average molecular weight is 394 g/mol. The van der Waals surface area contributed by atoms with Gasteiger partial charge in [0, 0.05) is 17.0 Å².